The maximum absolute atomic E-state index is 13.8. The van der Waals surface area contributed by atoms with Crippen molar-refractivity contribution in [2.24, 2.45) is 0 Å². The zero-order valence-electron chi connectivity index (χ0n) is 17.6. The Balaban J connectivity index is 1.77. The number of aromatic nitrogens is 4. The zero-order valence-corrected chi connectivity index (χ0v) is 18.5. The van der Waals surface area contributed by atoms with Crippen LogP contribution in [-0.4, -0.2) is 69.4 Å². The zero-order chi connectivity index (χ0) is 23.8. The highest BCUT2D eigenvalue weighted by atomic mass is 32.2. The highest BCUT2D eigenvalue weighted by Crippen LogP contribution is 2.28. The van der Waals surface area contributed by atoms with E-state index < -0.39 is 33.3 Å². The molecule has 0 bridgehead atoms. The minimum Gasteiger partial charge on any atom is -0.465 e. The molecule has 3 heterocycles. The minimum absolute atomic E-state index is 0.0577. The lowest BCUT2D eigenvalue weighted by atomic mass is 10.1. The predicted octanol–water partition coefficient (Wildman–Crippen LogP) is 3.10. The van der Waals surface area contributed by atoms with E-state index in [1.54, 1.807) is 24.3 Å². The fraction of sp³-hybridized carbons (Fsp3) is 0.400. The van der Waals surface area contributed by atoms with E-state index in [1.807, 2.05) is 0 Å². The number of hydrogen-bond donors (Lipinski definition) is 2. The van der Waals surface area contributed by atoms with Gasteiger partial charge < -0.3 is 15.3 Å². The molecule has 1 aliphatic rings. The van der Waals surface area contributed by atoms with Gasteiger partial charge in [0.2, 0.25) is 9.84 Å². The Labute approximate surface area is 188 Å². The molecule has 0 saturated carbocycles. The van der Waals surface area contributed by atoms with Gasteiger partial charge in [-0.3, -0.25) is 4.57 Å². The number of fused-ring (bicyclic) bond motifs is 1. The van der Waals surface area contributed by atoms with Crippen LogP contribution in [-0.2, 0) is 9.84 Å². The first kappa shape index (κ1) is 22.8. The number of para-hydroxylation sites is 2. The van der Waals surface area contributed by atoms with Crippen LogP contribution in [0, 0.1) is 0 Å². The molecule has 1 fully saturated rings. The third-order valence-corrected chi connectivity index (χ3v) is 6.23. The topological polar surface area (TPSA) is 130 Å². The lowest BCUT2D eigenvalue weighted by Gasteiger charge is -2.19. The summed E-state index contributed by atoms with van der Waals surface area (Å²) in [5, 5.41) is 11.8. The molecule has 1 aliphatic heterocycles. The van der Waals surface area contributed by atoms with Crippen molar-refractivity contribution < 1.29 is 27.1 Å². The van der Waals surface area contributed by atoms with Crippen LogP contribution in [0.2, 0.25) is 0 Å². The number of halogens is 2. The molecule has 176 valence electrons. The SMILES string of the molecule is CS(=O)(=O)c1nc(NC2CCCN(C(=O)O)CC2)cc(-n2c(C(F)F)nc3ccccc32)n1. The third kappa shape index (κ3) is 4.87. The molecular weight excluding hydrogens is 458 g/mol. The van der Waals surface area contributed by atoms with Crippen LogP contribution in [0.1, 0.15) is 31.5 Å². The lowest BCUT2D eigenvalue weighted by molar-refractivity contribution is 0.139. The maximum atomic E-state index is 13.8. The van der Waals surface area contributed by atoms with Gasteiger partial charge in [0, 0.05) is 31.5 Å². The summed E-state index contributed by atoms with van der Waals surface area (Å²) < 4.78 is 53.2. The van der Waals surface area contributed by atoms with E-state index in [9.17, 15) is 27.1 Å². The quantitative estimate of drug-likeness (QED) is 0.533. The first-order valence-electron chi connectivity index (χ1n) is 10.2. The van der Waals surface area contributed by atoms with Crippen molar-refractivity contribution in [1.82, 2.24) is 24.4 Å². The van der Waals surface area contributed by atoms with Gasteiger partial charge >= 0.3 is 6.09 Å². The van der Waals surface area contributed by atoms with Crippen molar-refractivity contribution in [3.05, 3.63) is 36.2 Å². The largest absolute Gasteiger partial charge is 0.465 e. The normalized spacial score (nSPS) is 17.3. The summed E-state index contributed by atoms with van der Waals surface area (Å²) in [6, 6.07) is 7.71. The molecule has 33 heavy (non-hydrogen) atoms. The van der Waals surface area contributed by atoms with Crippen molar-refractivity contribution in [1.29, 1.82) is 0 Å². The second kappa shape index (κ2) is 8.89. The van der Waals surface area contributed by atoms with Crippen LogP contribution in [0.25, 0.3) is 16.9 Å². The smallest absolute Gasteiger partial charge is 0.407 e. The number of alkyl halides is 2. The van der Waals surface area contributed by atoms with E-state index in [2.05, 4.69) is 20.3 Å². The minimum atomic E-state index is -3.86. The number of hydrogen-bond acceptors (Lipinski definition) is 7. The van der Waals surface area contributed by atoms with Crippen LogP contribution < -0.4 is 5.32 Å². The van der Waals surface area contributed by atoms with Gasteiger partial charge in [-0.05, 0) is 31.4 Å². The van der Waals surface area contributed by atoms with Gasteiger partial charge in [0.05, 0.1) is 11.0 Å². The van der Waals surface area contributed by atoms with Crippen LogP contribution in [0.5, 0.6) is 0 Å². The second-order valence-electron chi connectivity index (χ2n) is 7.80. The molecule has 2 N–H and O–H groups in total. The molecule has 1 amide bonds. The Morgan fingerprint density at radius 3 is 2.64 bits per heavy atom. The summed E-state index contributed by atoms with van der Waals surface area (Å²) in [7, 11) is -3.86. The number of nitrogens with zero attached hydrogens (tertiary/aromatic N) is 5. The molecule has 1 atom stereocenters. The fourth-order valence-electron chi connectivity index (χ4n) is 3.84. The summed E-state index contributed by atoms with van der Waals surface area (Å²) in [4.78, 5) is 24.7. The van der Waals surface area contributed by atoms with Crippen LogP contribution >= 0.6 is 0 Å². The first-order chi connectivity index (χ1) is 15.6. The average Bonchev–Trinajstić information content (AvgIpc) is 2.99. The third-order valence-electron chi connectivity index (χ3n) is 5.39. The Hall–Kier alpha value is -3.35. The number of anilines is 1. The highest BCUT2D eigenvalue weighted by molar-refractivity contribution is 7.90. The van der Waals surface area contributed by atoms with E-state index in [1.165, 1.54) is 11.0 Å². The van der Waals surface area contributed by atoms with E-state index in [-0.39, 0.29) is 17.7 Å². The molecule has 1 saturated heterocycles. The van der Waals surface area contributed by atoms with Crippen molar-refractivity contribution in [3.63, 3.8) is 0 Å². The van der Waals surface area contributed by atoms with Gasteiger partial charge in [0.15, 0.2) is 5.82 Å². The standard InChI is InChI=1S/C20H22F2N6O4S/c1-33(31,32)19-25-15(23-12-5-4-9-27(10-8-12)20(29)30)11-16(26-19)28-14-7-3-2-6-13(14)24-18(28)17(21)22/h2-3,6-7,11-12,17H,4-5,8-10H2,1H3,(H,29,30)(H,23,25,26). The molecule has 4 rings (SSSR count). The molecule has 3 aromatic rings. The second-order valence-corrected chi connectivity index (χ2v) is 9.71. The van der Waals surface area contributed by atoms with E-state index in [0.717, 1.165) is 10.8 Å². The number of benzene rings is 1. The average molecular weight is 480 g/mol. The van der Waals surface area contributed by atoms with E-state index >= 15 is 0 Å². The number of imidazole rings is 1. The number of sulfone groups is 1. The van der Waals surface area contributed by atoms with Crippen molar-refractivity contribution >= 4 is 32.8 Å². The van der Waals surface area contributed by atoms with Gasteiger partial charge in [-0.2, -0.15) is 0 Å². The van der Waals surface area contributed by atoms with Crippen molar-refractivity contribution in [2.45, 2.75) is 36.9 Å². The van der Waals surface area contributed by atoms with Gasteiger partial charge in [-0.1, -0.05) is 12.1 Å². The number of nitrogens with one attached hydrogen (secondary N) is 1. The Kier molecular flexibility index (Phi) is 6.15. The summed E-state index contributed by atoms with van der Waals surface area (Å²) >= 11 is 0. The molecule has 1 aromatic carbocycles. The van der Waals surface area contributed by atoms with Gasteiger partial charge in [-0.15, -0.1) is 0 Å². The molecule has 10 nitrogen and oxygen atoms in total. The van der Waals surface area contributed by atoms with E-state index in [0.29, 0.717) is 43.4 Å². The number of rotatable bonds is 5. The van der Waals surface area contributed by atoms with Crippen molar-refractivity contribution in [2.75, 3.05) is 24.7 Å². The molecule has 1 unspecified atom stereocenters. The monoisotopic (exact) mass is 480 g/mol. The van der Waals surface area contributed by atoms with Crippen molar-refractivity contribution in [3.8, 4) is 5.82 Å². The maximum Gasteiger partial charge on any atom is 0.407 e. The Morgan fingerprint density at radius 2 is 1.94 bits per heavy atom. The molecule has 0 aliphatic carbocycles. The Morgan fingerprint density at radius 1 is 1.18 bits per heavy atom. The molecular formula is C20H22F2N6O4S. The predicted molar refractivity (Wildman–Crippen MR) is 116 cm³/mol. The summed E-state index contributed by atoms with van der Waals surface area (Å²) in [6.07, 6.45) is -1.25. The molecule has 2 aromatic heterocycles. The number of carboxylic acid groups (broad SMARTS) is 1. The Bertz CT molecular complexity index is 1300. The van der Waals surface area contributed by atoms with Crippen LogP contribution in [0.4, 0.5) is 19.4 Å². The van der Waals surface area contributed by atoms with Gasteiger partial charge in [-0.25, -0.2) is 36.9 Å². The number of amides is 1. The summed E-state index contributed by atoms with van der Waals surface area (Å²) in [5.41, 5.74) is 0.669. The van der Waals surface area contributed by atoms with Gasteiger partial charge in [0.25, 0.3) is 11.6 Å². The van der Waals surface area contributed by atoms with Gasteiger partial charge in [0.1, 0.15) is 11.6 Å². The molecule has 0 spiro atoms. The van der Waals surface area contributed by atoms with Crippen LogP contribution in [0.3, 0.4) is 0 Å². The lowest BCUT2D eigenvalue weighted by Crippen LogP contribution is -2.31. The summed E-state index contributed by atoms with van der Waals surface area (Å²) in [5.74, 6) is -0.475. The fourth-order valence-corrected chi connectivity index (χ4v) is 4.36. The first-order valence-corrected chi connectivity index (χ1v) is 12.1. The summed E-state index contributed by atoms with van der Waals surface area (Å²) in [6.45, 7) is 0.710. The van der Waals surface area contributed by atoms with E-state index in [4.69, 9.17) is 0 Å². The van der Waals surface area contributed by atoms with Crippen LogP contribution in [0.15, 0.2) is 35.5 Å². The number of carbonyl (C=O) groups is 1. The number of likely N-dealkylation sites (tertiary alicyclic amines) is 1. The molecule has 13 heteroatoms. The molecule has 0 radical (unpaired) electrons. The highest BCUT2D eigenvalue weighted by Gasteiger charge is 2.25.